The summed E-state index contributed by atoms with van der Waals surface area (Å²) < 4.78 is 11.3. The molecule has 0 bridgehead atoms. The van der Waals surface area contributed by atoms with E-state index < -0.39 is 0 Å². The van der Waals surface area contributed by atoms with Crippen LogP contribution >= 0.6 is 12.2 Å². The van der Waals surface area contributed by atoms with Crippen LogP contribution < -0.4 is 10.6 Å². The predicted molar refractivity (Wildman–Crippen MR) is 98.4 cm³/mol. The van der Waals surface area contributed by atoms with E-state index in [1.807, 2.05) is 6.08 Å². The summed E-state index contributed by atoms with van der Waals surface area (Å²) in [6.07, 6.45) is 14.9. The lowest BCUT2D eigenvalue weighted by Gasteiger charge is -2.22. The van der Waals surface area contributed by atoms with E-state index in [2.05, 4.69) is 10.6 Å². The topological polar surface area (TPSA) is 59.6 Å². The number of nitrogens with one attached hydrogen (secondary N) is 2. The van der Waals surface area contributed by atoms with Gasteiger partial charge >= 0.3 is 0 Å². The summed E-state index contributed by atoms with van der Waals surface area (Å²) in [5.41, 5.74) is 0.599. The van der Waals surface area contributed by atoms with Crippen LogP contribution in [0.1, 0.15) is 70.6 Å². The summed E-state index contributed by atoms with van der Waals surface area (Å²) in [4.78, 5) is 11.4. The summed E-state index contributed by atoms with van der Waals surface area (Å²) >= 11 is 4.89. The molecule has 0 saturated carbocycles. The molecule has 136 valence electrons. The van der Waals surface area contributed by atoms with Gasteiger partial charge in [-0.3, -0.25) is 10.1 Å². The molecule has 1 unspecified atom stereocenters. The summed E-state index contributed by atoms with van der Waals surface area (Å²) in [7, 11) is 0. The van der Waals surface area contributed by atoms with Gasteiger partial charge in [-0.1, -0.05) is 38.2 Å². The fourth-order valence-corrected chi connectivity index (χ4v) is 3.16. The average molecular weight is 355 g/mol. The van der Waals surface area contributed by atoms with Crippen molar-refractivity contribution in [1.82, 2.24) is 10.6 Å². The van der Waals surface area contributed by atoms with E-state index in [0.29, 0.717) is 10.8 Å². The number of unbranched alkanes of at least 4 members (excludes halogenated alkanes) is 7. The van der Waals surface area contributed by atoms with Gasteiger partial charge in [0.2, 0.25) is 0 Å². The molecule has 1 amide bonds. The molecule has 1 atom stereocenters. The Morgan fingerprint density at radius 1 is 1.08 bits per heavy atom. The van der Waals surface area contributed by atoms with Crippen LogP contribution in [0.2, 0.25) is 0 Å². The number of carbonyl (C=O) groups is 1. The van der Waals surface area contributed by atoms with Gasteiger partial charge in [0.25, 0.3) is 5.91 Å². The highest BCUT2D eigenvalue weighted by atomic mass is 32.1. The van der Waals surface area contributed by atoms with Gasteiger partial charge in [0.05, 0.1) is 0 Å². The van der Waals surface area contributed by atoms with Crippen molar-refractivity contribution in [3.05, 3.63) is 11.8 Å². The molecule has 0 radical (unpaired) electrons. The largest absolute Gasteiger partial charge is 0.353 e. The van der Waals surface area contributed by atoms with Crippen molar-refractivity contribution in [3.8, 4) is 0 Å². The second-order valence-corrected chi connectivity index (χ2v) is 6.86. The first kappa shape index (κ1) is 19.3. The molecule has 2 aliphatic heterocycles. The number of ether oxygens (including phenoxy) is 2. The van der Waals surface area contributed by atoms with Crippen LogP contribution in [0.25, 0.3) is 0 Å². The van der Waals surface area contributed by atoms with Gasteiger partial charge in [0.1, 0.15) is 5.70 Å². The highest BCUT2D eigenvalue weighted by molar-refractivity contribution is 7.80. The summed E-state index contributed by atoms with van der Waals surface area (Å²) in [6.45, 7) is 1.68. The molecule has 0 aromatic heterocycles. The third-order valence-electron chi connectivity index (χ3n) is 4.36. The third kappa shape index (κ3) is 7.73. The van der Waals surface area contributed by atoms with Gasteiger partial charge in [-0.25, -0.2) is 0 Å². The van der Waals surface area contributed by atoms with Gasteiger partial charge in [0, 0.05) is 13.2 Å². The predicted octanol–water partition coefficient (Wildman–Crippen LogP) is 3.54. The number of amides is 1. The van der Waals surface area contributed by atoms with E-state index in [4.69, 9.17) is 21.7 Å². The Bertz CT molecular complexity index is 434. The van der Waals surface area contributed by atoms with Crippen molar-refractivity contribution in [2.75, 3.05) is 13.2 Å². The number of rotatable bonds is 11. The molecule has 6 heteroatoms. The van der Waals surface area contributed by atoms with Gasteiger partial charge < -0.3 is 14.8 Å². The first-order valence-corrected chi connectivity index (χ1v) is 9.72. The van der Waals surface area contributed by atoms with E-state index in [1.165, 1.54) is 44.9 Å². The minimum Gasteiger partial charge on any atom is -0.353 e. The van der Waals surface area contributed by atoms with E-state index in [0.717, 1.165) is 38.9 Å². The molecule has 2 rings (SSSR count). The summed E-state index contributed by atoms with van der Waals surface area (Å²) in [6, 6.07) is 0. The van der Waals surface area contributed by atoms with Crippen LogP contribution in [-0.4, -0.2) is 30.5 Å². The number of thiocarbonyl (C=S) groups is 1. The normalized spacial score (nSPS) is 22.7. The van der Waals surface area contributed by atoms with Crippen LogP contribution in [0.4, 0.5) is 0 Å². The second kappa shape index (κ2) is 11.6. The lowest BCUT2D eigenvalue weighted by atomic mass is 10.1. The van der Waals surface area contributed by atoms with Gasteiger partial charge in [-0.05, 0) is 50.7 Å². The molecule has 24 heavy (non-hydrogen) atoms. The Balaban J connectivity index is 1.35. The van der Waals surface area contributed by atoms with Crippen LogP contribution in [0, 0.1) is 0 Å². The first-order valence-electron chi connectivity index (χ1n) is 9.31. The van der Waals surface area contributed by atoms with Crippen LogP contribution in [0.5, 0.6) is 0 Å². The maximum absolute atomic E-state index is 11.4. The van der Waals surface area contributed by atoms with E-state index in [1.54, 1.807) is 0 Å². The Labute approximate surface area is 150 Å². The van der Waals surface area contributed by atoms with Crippen molar-refractivity contribution < 1.29 is 14.3 Å². The fourth-order valence-electron chi connectivity index (χ4n) is 2.96. The molecule has 0 spiro atoms. The highest BCUT2D eigenvalue weighted by Gasteiger charge is 2.19. The zero-order valence-corrected chi connectivity index (χ0v) is 15.3. The number of allylic oxidation sites excluding steroid dienone is 1. The van der Waals surface area contributed by atoms with Gasteiger partial charge in [0.15, 0.2) is 11.4 Å². The van der Waals surface area contributed by atoms with Crippen LogP contribution in [-0.2, 0) is 14.3 Å². The Kier molecular flexibility index (Phi) is 9.31. The lowest BCUT2D eigenvalue weighted by Crippen LogP contribution is -2.22. The molecule has 2 aliphatic rings. The minimum absolute atomic E-state index is 0.0543. The first-order chi connectivity index (χ1) is 11.8. The Morgan fingerprint density at radius 3 is 2.50 bits per heavy atom. The molecule has 2 heterocycles. The molecule has 2 N–H and O–H groups in total. The summed E-state index contributed by atoms with van der Waals surface area (Å²) in [5, 5.41) is 5.85. The van der Waals surface area contributed by atoms with Crippen molar-refractivity contribution in [2.45, 2.75) is 76.9 Å². The smallest absolute Gasteiger partial charge is 0.273 e. The standard InChI is InChI=1S/C18H30N2O3S/c21-17-15(19-18(24)20-17)11-7-5-3-1-2-4-6-9-13-22-16-12-8-10-14-23-16/h11,16H,1-10,12-14H2,(H2,19,20,21,24). The minimum atomic E-state index is -0.110. The maximum atomic E-state index is 11.4. The van der Waals surface area contributed by atoms with Crippen LogP contribution in [0.3, 0.4) is 0 Å². The zero-order valence-electron chi connectivity index (χ0n) is 14.5. The fraction of sp³-hybridized carbons (Fsp3) is 0.778. The third-order valence-corrected chi connectivity index (χ3v) is 4.56. The Hall–Kier alpha value is -0.980. The van der Waals surface area contributed by atoms with Crippen molar-refractivity contribution in [1.29, 1.82) is 0 Å². The molecule has 0 aromatic carbocycles. The number of hydrogen-bond acceptors (Lipinski definition) is 4. The van der Waals surface area contributed by atoms with Crippen molar-refractivity contribution in [2.24, 2.45) is 0 Å². The molecule has 5 nitrogen and oxygen atoms in total. The molecular formula is C18H30N2O3S. The van der Waals surface area contributed by atoms with Gasteiger partial charge in [-0.15, -0.1) is 0 Å². The maximum Gasteiger partial charge on any atom is 0.273 e. The zero-order chi connectivity index (χ0) is 17.0. The monoisotopic (exact) mass is 354 g/mol. The van der Waals surface area contributed by atoms with E-state index in [9.17, 15) is 4.79 Å². The average Bonchev–Trinajstić information content (AvgIpc) is 2.91. The van der Waals surface area contributed by atoms with E-state index in [-0.39, 0.29) is 12.2 Å². The quantitative estimate of drug-likeness (QED) is 0.338. The van der Waals surface area contributed by atoms with Gasteiger partial charge in [-0.2, -0.15) is 0 Å². The summed E-state index contributed by atoms with van der Waals surface area (Å²) in [5.74, 6) is -0.110. The lowest BCUT2D eigenvalue weighted by molar-refractivity contribution is -0.162. The molecule has 2 saturated heterocycles. The molecular weight excluding hydrogens is 324 g/mol. The highest BCUT2D eigenvalue weighted by Crippen LogP contribution is 2.15. The van der Waals surface area contributed by atoms with Crippen LogP contribution in [0.15, 0.2) is 11.8 Å². The second-order valence-electron chi connectivity index (χ2n) is 6.46. The van der Waals surface area contributed by atoms with Crippen molar-refractivity contribution >= 4 is 23.2 Å². The number of carbonyl (C=O) groups excluding carboxylic acids is 1. The molecule has 0 aliphatic carbocycles. The Morgan fingerprint density at radius 2 is 1.83 bits per heavy atom. The molecule has 2 fully saturated rings. The SMILES string of the molecule is O=C1NC(=S)NC1=CCCCCCCCCCOC1CCCCO1. The van der Waals surface area contributed by atoms with Crippen molar-refractivity contribution in [3.63, 3.8) is 0 Å². The number of hydrogen-bond donors (Lipinski definition) is 2. The molecule has 0 aromatic rings. The van der Waals surface area contributed by atoms with E-state index >= 15 is 0 Å².